The van der Waals surface area contributed by atoms with Crippen LogP contribution >= 0.6 is 11.6 Å². The monoisotopic (exact) mass is 507 g/mol. The van der Waals surface area contributed by atoms with Crippen LogP contribution in [-0.2, 0) is 14.3 Å². The van der Waals surface area contributed by atoms with Crippen LogP contribution in [0.25, 0.3) is 10.8 Å². The quantitative estimate of drug-likeness (QED) is 0.271. The standard InChI is InChI=1S/C30H34ClNO4/c1-20-9-13-24(31)17-27(20)28(18-30(34)35-2)22-11-10-21-12-14-26(16-23(21)15-22)36-19-29(33)32-25-7-5-3-4-6-8-25/h9-17,25,28H,3-8,18-19H2,1-2H3,(H,32,33). The number of amides is 1. The van der Waals surface area contributed by atoms with Gasteiger partial charge in [-0.2, -0.15) is 0 Å². The van der Waals surface area contributed by atoms with E-state index >= 15 is 0 Å². The Morgan fingerprint density at radius 1 is 0.972 bits per heavy atom. The fraction of sp³-hybridized carbons (Fsp3) is 0.400. The zero-order valence-electron chi connectivity index (χ0n) is 21.0. The molecule has 4 rings (SSSR count). The maximum absolute atomic E-state index is 12.5. The Hall–Kier alpha value is -3.05. The van der Waals surface area contributed by atoms with E-state index in [4.69, 9.17) is 21.1 Å². The number of carbonyl (C=O) groups excluding carboxylic acids is 2. The van der Waals surface area contributed by atoms with Gasteiger partial charge in [0.1, 0.15) is 5.75 Å². The van der Waals surface area contributed by atoms with Crippen molar-refractivity contribution >= 4 is 34.2 Å². The van der Waals surface area contributed by atoms with Gasteiger partial charge in [-0.1, -0.05) is 67.6 Å². The number of fused-ring (bicyclic) bond motifs is 1. The van der Waals surface area contributed by atoms with Gasteiger partial charge in [-0.25, -0.2) is 0 Å². The Morgan fingerprint density at radius 3 is 2.47 bits per heavy atom. The van der Waals surface area contributed by atoms with Gasteiger partial charge in [0.25, 0.3) is 5.91 Å². The van der Waals surface area contributed by atoms with Gasteiger partial charge in [-0.15, -0.1) is 0 Å². The molecular formula is C30H34ClNO4. The molecule has 0 spiro atoms. The summed E-state index contributed by atoms with van der Waals surface area (Å²) in [4.78, 5) is 24.7. The van der Waals surface area contributed by atoms with Crippen molar-refractivity contribution in [3.8, 4) is 5.75 Å². The van der Waals surface area contributed by atoms with Gasteiger partial charge in [-0.05, 0) is 71.5 Å². The molecule has 190 valence electrons. The minimum Gasteiger partial charge on any atom is -0.484 e. The lowest BCUT2D eigenvalue weighted by Crippen LogP contribution is -2.37. The van der Waals surface area contributed by atoms with E-state index < -0.39 is 0 Å². The molecule has 36 heavy (non-hydrogen) atoms. The summed E-state index contributed by atoms with van der Waals surface area (Å²) >= 11 is 6.30. The van der Waals surface area contributed by atoms with Gasteiger partial charge in [0.05, 0.1) is 13.5 Å². The van der Waals surface area contributed by atoms with Gasteiger partial charge in [-0.3, -0.25) is 9.59 Å². The molecule has 0 radical (unpaired) electrons. The van der Waals surface area contributed by atoms with Gasteiger partial charge in [0.15, 0.2) is 6.61 Å². The van der Waals surface area contributed by atoms with E-state index in [1.807, 2.05) is 55.5 Å². The number of hydrogen-bond acceptors (Lipinski definition) is 4. The highest BCUT2D eigenvalue weighted by molar-refractivity contribution is 6.30. The molecule has 0 heterocycles. The van der Waals surface area contributed by atoms with Gasteiger partial charge < -0.3 is 14.8 Å². The van der Waals surface area contributed by atoms with Crippen LogP contribution in [0.15, 0.2) is 54.6 Å². The first-order valence-corrected chi connectivity index (χ1v) is 13.1. The Morgan fingerprint density at radius 2 is 1.72 bits per heavy atom. The summed E-state index contributed by atoms with van der Waals surface area (Å²) in [6.07, 6.45) is 7.14. The van der Waals surface area contributed by atoms with Gasteiger partial charge >= 0.3 is 5.97 Å². The zero-order chi connectivity index (χ0) is 25.5. The van der Waals surface area contributed by atoms with Crippen LogP contribution in [0.1, 0.15) is 67.6 Å². The Bertz CT molecular complexity index is 1220. The van der Waals surface area contributed by atoms with E-state index in [1.54, 1.807) is 0 Å². The van der Waals surface area contributed by atoms with Crippen LogP contribution in [0.2, 0.25) is 5.02 Å². The summed E-state index contributed by atoms with van der Waals surface area (Å²) in [5, 5.41) is 5.78. The average molecular weight is 508 g/mol. The van der Waals surface area contributed by atoms with Crippen molar-refractivity contribution < 1.29 is 19.1 Å². The van der Waals surface area contributed by atoms with Gasteiger partial charge in [0, 0.05) is 17.0 Å². The van der Waals surface area contributed by atoms with Gasteiger partial charge in [0.2, 0.25) is 0 Å². The molecule has 1 unspecified atom stereocenters. The van der Waals surface area contributed by atoms with Crippen molar-refractivity contribution in [3.05, 3.63) is 76.3 Å². The molecule has 0 bridgehead atoms. The SMILES string of the molecule is COC(=O)CC(c1ccc2ccc(OCC(=O)NC3CCCCCC3)cc2c1)c1cc(Cl)ccc1C. The average Bonchev–Trinajstić information content (AvgIpc) is 3.15. The van der Waals surface area contributed by atoms with Crippen molar-refractivity contribution in [2.45, 2.75) is 63.8 Å². The number of carbonyl (C=O) groups is 2. The third kappa shape index (κ3) is 6.79. The second-order valence-electron chi connectivity index (χ2n) is 9.65. The number of hydrogen-bond donors (Lipinski definition) is 1. The lowest BCUT2D eigenvalue weighted by molar-refractivity contribution is -0.140. The Labute approximate surface area is 218 Å². The lowest BCUT2D eigenvalue weighted by Gasteiger charge is -2.20. The van der Waals surface area contributed by atoms with Crippen LogP contribution in [0.5, 0.6) is 5.75 Å². The molecule has 1 aliphatic rings. The molecule has 1 aliphatic carbocycles. The second-order valence-corrected chi connectivity index (χ2v) is 10.1. The fourth-order valence-electron chi connectivity index (χ4n) is 5.04. The topological polar surface area (TPSA) is 64.6 Å². The number of esters is 1. The number of aryl methyl sites for hydroxylation is 1. The smallest absolute Gasteiger partial charge is 0.306 e. The van der Waals surface area contributed by atoms with Crippen molar-refractivity contribution in [1.82, 2.24) is 5.32 Å². The van der Waals surface area contributed by atoms with Crippen molar-refractivity contribution in [2.24, 2.45) is 0 Å². The number of rotatable bonds is 8. The summed E-state index contributed by atoms with van der Waals surface area (Å²) in [5.41, 5.74) is 3.04. The van der Waals surface area contributed by atoms with Crippen LogP contribution in [0, 0.1) is 6.92 Å². The molecule has 1 N–H and O–H groups in total. The van der Waals surface area contributed by atoms with E-state index in [0.29, 0.717) is 10.8 Å². The summed E-state index contributed by atoms with van der Waals surface area (Å²) in [6, 6.07) is 17.9. The number of ether oxygens (including phenoxy) is 2. The number of benzene rings is 3. The van der Waals surface area contributed by atoms with Crippen molar-refractivity contribution in [3.63, 3.8) is 0 Å². The maximum atomic E-state index is 12.5. The third-order valence-corrected chi connectivity index (χ3v) is 7.28. The highest BCUT2D eigenvalue weighted by Gasteiger charge is 2.21. The zero-order valence-corrected chi connectivity index (χ0v) is 21.8. The molecule has 0 aromatic heterocycles. The summed E-state index contributed by atoms with van der Waals surface area (Å²) in [5.74, 6) is 0.0798. The number of nitrogens with one attached hydrogen (secondary N) is 1. The van der Waals surface area contributed by atoms with Crippen LogP contribution in [0.4, 0.5) is 0 Å². The molecular weight excluding hydrogens is 474 g/mol. The minimum absolute atomic E-state index is 0.00558. The molecule has 6 heteroatoms. The first-order chi connectivity index (χ1) is 17.4. The Balaban J connectivity index is 1.53. The number of halogens is 1. The molecule has 0 saturated heterocycles. The summed E-state index contributed by atoms with van der Waals surface area (Å²) in [6.45, 7) is 2.01. The van der Waals surface area contributed by atoms with Crippen LogP contribution in [0.3, 0.4) is 0 Å². The molecule has 3 aromatic carbocycles. The normalized spacial score (nSPS) is 15.2. The minimum atomic E-state index is -0.281. The predicted octanol–water partition coefficient (Wildman–Crippen LogP) is 6.71. The Kier molecular flexibility index (Phi) is 8.87. The van der Waals surface area contributed by atoms with Crippen LogP contribution in [-0.4, -0.2) is 31.6 Å². The van der Waals surface area contributed by atoms with Crippen LogP contribution < -0.4 is 10.1 Å². The first-order valence-electron chi connectivity index (χ1n) is 12.7. The largest absolute Gasteiger partial charge is 0.484 e. The second kappa shape index (κ2) is 12.3. The molecule has 5 nitrogen and oxygen atoms in total. The number of methoxy groups -OCH3 is 1. The van der Waals surface area contributed by atoms with Crippen molar-refractivity contribution in [1.29, 1.82) is 0 Å². The molecule has 0 aliphatic heterocycles. The highest BCUT2D eigenvalue weighted by atomic mass is 35.5. The maximum Gasteiger partial charge on any atom is 0.306 e. The lowest BCUT2D eigenvalue weighted by atomic mass is 9.85. The van der Waals surface area contributed by atoms with E-state index in [-0.39, 0.29) is 36.9 Å². The molecule has 1 atom stereocenters. The molecule has 1 amide bonds. The summed E-state index contributed by atoms with van der Waals surface area (Å²) in [7, 11) is 1.40. The van der Waals surface area contributed by atoms with E-state index in [1.165, 1.54) is 32.8 Å². The van der Waals surface area contributed by atoms with E-state index in [2.05, 4.69) is 11.4 Å². The summed E-state index contributed by atoms with van der Waals surface area (Å²) < 4.78 is 10.8. The van der Waals surface area contributed by atoms with E-state index in [9.17, 15) is 9.59 Å². The third-order valence-electron chi connectivity index (χ3n) is 7.04. The fourth-order valence-corrected chi connectivity index (χ4v) is 5.22. The molecule has 3 aromatic rings. The molecule has 1 saturated carbocycles. The van der Waals surface area contributed by atoms with E-state index in [0.717, 1.165) is 40.3 Å². The predicted molar refractivity (Wildman–Crippen MR) is 144 cm³/mol. The highest BCUT2D eigenvalue weighted by Crippen LogP contribution is 2.34. The first kappa shape index (κ1) is 26.0. The van der Waals surface area contributed by atoms with Crippen molar-refractivity contribution in [2.75, 3.05) is 13.7 Å². The molecule has 1 fully saturated rings.